The summed E-state index contributed by atoms with van der Waals surface area (Å²) in [5, 5.41) is 0. The van der Waals surface area contributed by atoms with Gasteiger partial charge in [0.2, 0.25) is 0 Å². The lowest BCUT2D eigenvalue weighted by molar-refractivity contribution is 0.604. The van der Waals surface area contributed by atoms with E-state index in [0.717, 1.165) is 5.69 Å². The lowest BCUT2D eigenvalue weighted by atomic mass is 10.3. The molecule has 0 spiro atoms. The summed E-state index contributed by atoms with van der Waals surface area (Å²) in [4.78, 5) is 12.5. The van der Waals surface area contributed by atoms with Gasteiger partial charge in [0, 0.05) is 18.4 Å². The van der Waals surface area contributed by atoms with Crippen molar-refractivity contribution in [2.45, 2.75) is 19.9 Å². The highest BCUT2D eigenvalue weighted by atomic mass is 15.3. The molecule has 2 aromatic rings. The molecule has 0 unspecified atom stereocenters. The first-order valence-corrected chi connectivity index (χ1v) is 5.04. The van der Waals surface area contributed by atoms with Crippen molar-refractivity contribution in [1.82, 2.24) is 19.5 Å². The smallest absolute Gasteiger partial charge is 0.168 e. The minimum absolute atomic E-state index is 0.310. The molecule has 2 heterocycles. The van der Waals surface area contributed by atoms with Crippen LogP contribution >= 0.6 is 0 Å². The zero-order chi connectivity index (χ0) is 11.5. The van der Waals surface area contributed by atoms with Crippen LogP contribution in [0.5, 0.6) is 0 Å². The first-order valence-electron chi connectivity index (χ1n) is 5.04. The third-order valence-electron chi connectivity index (χ3n) is 2.30. The molecule has 84 valence electrons. The fourth-order valence-electron chi connectivity index (χ4n) is 1.53. The van der Waals surface area contributed by atoms with E-state index in [1.807, 2.05) is 4.57 Å². The first kappa shape index (κ1) is 10.6. The molecule has 0 aliphatic heterocycles. The van der Waals surface area contributed by atoms with E-state index >= 15 is 0 Å². The van der Waals surface area contributed by atoms with Crippen LogP contribution in [-0.4, -0.2) is 19.5 Å². The van der Waals surface area contributed by atoms with Crippen molar-refractivity contribution in [2.24, 2.45) is 5.84 Å². The molecular weight excluding hydrogens is 204 g/mol. The summed E-state index contributed by atoms with van der Waals surface area (Å²) in [7, 11) is 0. The van der Waals surface area contributed by atoms with E-state index in [1.54, 1.807) is 24.9 Å². The molecule has 0 bridgehead atoms. The molecule has 0 saturated carbocycles. The quantitative estimate of drug-likeness (QED) is 0.597. The normalized spacial score (nSPS) is 10.8. The molecule has 0 fully saturated rings. The van der Waals surface area contributed by atoms with E-state index in [2.05, 4.69) is 34.2 Å². The van der Waals surface area contributed by atoms with Crippen molar-refractivity contribution in [2.75, 3.05) is 5.43 Å². The minimum atomic E-state index is 0.310. The maximum absolute atomic E-state index is 5.40. The van der Waals surface area contributed by atoms with Gasteiger partial charge in [-0.05, 0) is 13.8 Å². The number of nitrogens with one attached hydrogen (secondary N) is 1. The summed E-state index contributed by atoms with van der Waals surface area (Å²) in [5.74, 6) is 5.95. The molecule has 6 nitrogen and oxygen atoms in total. The van der Waals surface area contributed by atoms with Gasteiger partial charge in [0.05, 0.1) is 18.2 Å². The summed E-state index contributed by atoms with van der Waals surface area (Å²) in [6.45, 7) is 4.16. The molecule has 0 saturated heterocycles. The number of aromatic nitrogens is 4. The van der Waals surface area contributed by atoms with Crippen LogP contribution in [0.4, 0.5) is 5.82 Å². The Morgan fingerprint density at radius 3 is 2.75 bits per heavy atom. The van der Waals surface area contributed by atoms with Crippen LogP contribution in [0.25, 0.3) is 11.4 Å². The molecule has 0 aliphatic rings. The third-order valence-corrected chi connectivity index (χ3v) is 2.30. The molecule has 16 heavy (non-hydrogen) atoms. The second-order valence-corrected chi connectivity index (χ2v) is 3.68. The zero-order valence-electron chi connectivity index (χ0n) is 9.25. The van der Waals surface area contributed by atoms with Crippen LogP contribution < -0.4 is 11.3 Å². The van der Waals surface area contributed by atoms with Gasteiger partial charge in [-0.15, -0.1) is 0 Å². The van der Waals surface area contributed by atoms with Gasteiger partial charge in [0.15, 0.2) is 5.82 Å². The fourth-order valence-corrected chi connectivity index (χ4v) is 1.53. The highest BCUT2D eigenvalue weighted by Gasteiger charge is 2.13. The predicted molar refractivity (Wildman–Crippen MR) is 61.4 cm³/mol. The predicted octanol–water partition coefficient (Wildman–Crippen LogP) is 1.21. The van der Waals surface area contributed by atoms with E-state index < -0.39 is 0 Å². The van der Waals surface area contributed by atoms with E-state index in [4.69, 9.17) is 5.84 Å². The number of rotatable bonds is 3. The van der Waals surface area contributed by atoms with Crippen LogP contribution in [0.2, 0.25) is 0 Å². The highest BCUT2D eigenvalue weighted by Crippen LogP contribution is 2.24. The topological polar surface area (TPSA) is 81.7 Å². The van der Waals surface area contributed by atoms with Gasteiger partial charge in [-0.1, -0.05) is 0 Å². The average molecular weight is 218 g/mol. The van der Waals surface area contributed by atoms with Gasteiger partial charge in [0.25, 0.3) is 0 Å². The molecule has 2 aromatic heterocycles. The Bertz CT molecular complexity index is 476. The number of nitrogens with two attached hydrogens (primary N) is 1. The monoisotopic (exact) mass is 218 g/mol. The third kappa shape index (κ3) is 1.74. The van der Waals surface area contributed by atoms with Crippen LogP contribution in [0, 0.1) is 0 Å². The minimum Gasteiger partial charge on any atom is -0.327 e. The summed E-state index contributed by atoms with van der Waals surface area (Å²) < 4.78 is 2.02. The number of nitrogen functional groups attached to an aromatic ring is 1. The Hall–Kier alpha value is -1.95. The highest BCUT2D eigenvalue weighted by molar-refractivity contribution is 5.67. The Kier molecular flexibility index (Phi) is 2.82. The van der Waals surface area contributed by atoms with E-state index in [-0.39, 0.29) is 0 Å². The van der Waals surface area contributed by atoms with Crippen LogP contribution in [0.3, 0.4) is 0 Å². The molecular formula is C10H14N6. The van der Waals surface area contributed by atoms with Gasteiger partial charge in [0.1, 0.15) is 5.69 Å². The number of hydrogen-bond acceptors (Lipinski definition) is 5. The fraction of sp³-hybridized carbons (Fsp3) is 0.300. The molecule has 0 amide bonds. The van der Waals surface area contributed by atoms with Gasteiger partial charge in [-0.3, -0.25) is 0 Å². The van der Waals surface area contributed by atoms with Gasteiger partial charge in [-0.2, -0.15) is 0 Å². The van der Waals surface area contributed by atoms with Crippen LogP contribution in [0.1, 0.15) is 19.9 Å². The lowest BCUT2D eigenvalue weighted by Crippen LogP contribution is -2.12. The number of nitrogens with zero attached hydrogens (tertiary/aromatic N) is 4. The Morgan fingerprint density at radius 2 is 2.06 bits per heavy atom. The molecule has 0 radical (unpaired) electrons. The molecule has 6 heteroatoms. The number of imidazole rings is 1. The maximum atomic E-state index is 5.40. The van der Waals surface area contributed by atoms with Crippen molar-refractivity contribution >= 4 is 5.82 Å². The number of hydrogen-bond donors (Lipinski definition) is 2. The maximum Gasteiger partial charge on any atom is 0.168 e. The van der Waals surface area contributed by atoms with Crippen LogP contribution in [0.15, 0.2) is 24.9 Å². The Balaban J connectivity index is 2.54. The van der Waals surface area contributed by atoms with E-state index in [0.29, 0.717) is 17.6 Å². The number of hydrazine groups is 1. The summed E-state index contributed by atoms with van der Waals surface area (Å²) in [5.41, 5.74) is 4.14. The average Bonchev–Trinajstić information content (AvgIpc) is 2.77. The van der Waals surface area contributed by atoms with Crippen molar-refractivity contribution in [3.63, 3.8) is 0 Å². The lowest BCUT2D eigenvalue weighted by Gasteiger charge is -2.12. The van der Waals surface area contributed by atoms with Crippen LogP contribution in [-0.2, 0) is 0 Å². The summed E-state index contributed by atoms with van der Waals surface area (Å²) in [6.07, 6.45) is 6.75. The Morgan fingerprint density at radius 1 is 1.31 bits per heavy atom. The summed E-state index contributed by atoms with van der Waals surface area (Å²) >= 11 is 0. The standard InChI is InChI=1S/C10H14N6/c1-7(2)16-6-12-5-8(16)9-10(15-11)14-4-3-13-9/h3-7H,11H2,1-2H3,(H,14,15). The second kappa shape index (κ2) is 4.28. The summed E-state index contributed by atoms with van der Waals surface area (Å²) in [6, 6.07) is 0.310. The second-order valence-electron chi connectivity index (χ2n) is 3.68. The van der Waals surface area contributed by atoms with Crippen molar-refractivity contribution in [1.29, 1.82) is 0 Å². The van der Waals surface area contributed by atoms with Crippen molar-refractivity contribution in [3.8, 4) is 11.4 Å². The van der Waals surface area contributed by atoms with E-state index in [9.17, 15) is 0 Å². The molecule has 3 N–H and O–H groups in total. The molecule has 0 atom stereocenters. The first-order chi connectivity index (χ1) is 7.74. The van der Waals surface area contributed by atoms with E-state index in [1.165, 1.54) is 0 Å². The Labute approximate surface area is 93.5 Å². The number of anilines is 1. The largest absolute Gasteiger partial charge is 0.327 e. The van der Waals surface area contributed by atoms with Gasteiger partial charge in [-0.25, -0.2) is 20.8 Å². The SMILES string of the molecule is CC(C)n1cncc1-c1nccnc1NN. The molecule has 0 aromatic carbocycles. The zero-order valence-corrected chi connectivity index (χ0v) is 9.25. The molecule has 2 rings (SSSR count). The van der Waals surface area contributed by atoms with Crippen molar-refractivity contribution < 1.29 is 0 Å². The van der Waals surface area contributed by atoms with Gasteiger partial charge >= 0.3 is 0 Å². The van der Waals surface area contributed by atoms with Crippen molar-refractivity contribution in [3.05, 3.63) is 24.9 Å². The van der Waals surface area contributed by atoms with Gasteiger partial charge < -0.3 is 9.99 Å². The molecule has 0 aliphatic carbocycles.